The molecule has 0 fully saturated rings. The predicted molar refractivity (Wildman–Crippen MR) is 72.8 cm³/mol. The summed E-state index contributed by atoms with van der Waals surface area (Å²) in [6, 6.07) is 7.75. The number of carbonyl (C=O) groups excluding carboxylic acids is 1. The van der Waals surface area contributed by atoms with Crippen LogP contribution < -0.4 is 5.32 Å². The SMILES string of the molecule is COCC(=O)NCC(c1ccc(Cl)cc1)N(C)C. The zero-order valence-corrected chi connectivity index (χ0v) is 11.7. The van der Waals surface area contributed by atoms with Crippen LogP contribution in [0.4, 0.5) is 0 Å². The number of rotatable bonds is 6. The lowest BCUT2D eigenvalue weighted by Crippen LogP contribution is -2.36. The lowest BCUT2D eigenvalue weighted by Gasteiger charge is -2.25. The highest BCUT2D eigenvalue weighted by Gasteiger charge is 2.14. The van der Waals surface area contributed by atoms with E-state index in [0.717, 1.165) is 5.56 Å². The van der Waals surface area contributed by atoms with Crippen LogP contribution in [0.2, 0.25) is 5.02 Å². The molecule has 0 radical (unpaired) electrons. The minimum absolute atomic E-state index is 0.0841. The van der Waals surface area contributed by atoms with E-state index in [2.05, 4.69) is 10.2 Å². The van der Waals surface area contributed by atoms with Crippen LogP contribution in [0.15, 0.2) is 24.3 Å². The van der Waals surface area contributed by atoms with Gasteiger partial charge >= 0.3 is 0 Å². The van der Waals surface area contributed by atoms with E-state index in [4.69, 9.17) is 16.3 Å². The fraction of sp³-hybridized carbons (Fsp3) is 0.462. The summed E-state index contributed by atoms with van der Waals surface area (Å²) in [5, 5.41) is 3.55. The Morgan fingerprint density at radius 1 is 1.39 bits per heavy atom. The van der Waals surface area contributed by atoms with Crippen LogP contribution >= 0.6 is 11.6 Å². The van der Waals surface area contributed by atoms with E-state index in [-0.39, 0.29) is 18.6 Å². The molecule has 100 valence electrons. The average molecular weight is 271 g/mol. The Hall–Kier alpha value is -1.10. The van der Waals surface area contributed by atoms with Crippen molar-refractivity contribution in [2.75, 3.05) is 34.4 Å². The van der Waals surface area contributed by atoms with Gasteiger partial charge in [0.25, 0.3) is 0 Å². The molecule has 0 heterocycles. The van der Waals surface area contributed by atoms with E-state index in [1.807, 2.05) is 38.4 Å². The first-order chi connectivity index (χ1) is 8.54. The third-order valence-electron chi connectivity index (χ3n) is 2.65. The van der Waals surface area contributed by atoms with Crippen molar-refractivity contribution < 1.29 is 9.53 Å². The van der Waals surface area contributed by atoms with Crippen molar-refractivity contribution in [2.24, 2.45) is 0 Å². The van der Waals surface area contributed by atoms with Crippen molar-refractivity contribution in [1.29, 1.82) is 0 Å². The van der Waals surface area contributed by atoms with Crippen LogP contribution in [-0.2, 0) is 9.53 Å². The number of carbonyl (C=O) groups is 1. The normalized spacial score (nSPS) is 12.5. The van der Waals surface area contributed by atoms with Crippen molar-refractivity contribution in [3.8, 4) is 0 Å². The maximum Gasteiger partial charge on any atom is 0.246 e. The molecular formula is C13H19ClN2O2. The van der Waals surface area contributed by atoms with Gasteiger partial charge in [0.05, 0.1) is 6.04 Å². The molecule has 4 nitrogen and oxygen atoms in total. The molecule has 1 atom stereocenters. The maximum absolute atomic E-state index is 11.4. The summed E-state index contributed by atoms with van der Waals surface area (Å²) in [5.74, 6) is -0.113. The molecule has 0 aliphatic carbocycles. The third-order valence-corrected chi connectivity index (χ3v) is 2.90. The largest absolute Gasteiger partial charge is 0.375 e. The second kappa shape index (κ2) is 7.36. The van der Waals surface area contributed by atoms with Gasteiger partial charge in [-0.2, -0.15) is 0 Å². The summed E-state index contributed by atoms with van der Waals surface area (Å²) in [5.41, 5.74) is 1.11. The molecule has 18 heavy (non-hydrogen) atoms. The van der Waals surface area contributed by atoms with Gasteiger partial charge in [0.1, 0.15) is 6.61 Å². The fourth-order valence-electron chi connectivity index (χ4n) is 1.68. The van der Waals surface area contributed by atoms with Crippen LogP contribution in [0.5, 0.6) is 0 Å². The second-order valence-electron chi connectivity index (χ2n) is 4.27. The van der Waals surface area contributed by atoms with Gasteiger partial charge in [-0.3, -0.25) is 4.79 Å². The van der Waals surface area contributed by atoms with Crippen LogP contribution in [0, 0.1) is 0 Å². The zero-order valence-electron chi connectivity index (χ0n) is 10.9. The molecule has 0 bridgehead atoms. The molecule has 1 amide bonds. The molecule has 0 aliphatic rings. The summed E-state index contributed by atoms with van der Waals surface area (Å²) in [6.45, 7) is 0.623. The Labute approximate surface area is 113 Å². The molecule has 1 aromatic carbocycles. The Bertz CT molecular complexity index is 379. The van der Waals surface area contributed by atoms with Gasteiger partial charge in [0.15, 0.2) is 0 Å². The van der Waals surface area contributed by atoms with Crippen molar-refractivity contribution in [3.63, 3.8) is 0 Å². The molecule has 1 unspecified atom stereocenters. The minimum atomic E-state index is -0.113. The van der Waals surface area contributed by atoms with E-state index >= 15 is 0 Å². The number of likely N-dealkylation sites (N-methyl/N-ethyl adjacent to an activating group) is 1. The number of amides is 1. The summed E-state index contributed by atoms with van der Waals surface area (Å²) < 4.78 is 4.77. The smallest absolute Gasteiger partial charge is 0.246 e. The number of hydrogen-bond acceptors (Lipinski definition) is 3. The van der Waals surface area contributed by atoms with Gasteiger partial charge in [-0.05, 0) is 31.8 Å². The molecule has 0 aliphatic heterocycles. The molecule has 1 aromatic rings. The highest BCUT2D eigenvalue weighted by Crippen LogP contribution is 2.19. The first-order valence-corrected chi connectivity index (χ1v) is 6.10. The van der Waals surface area contributed by atoms with Crippen molar-refractivity contribution in [1.82, 2.24) is 10.2 Å². The maximum atomic E-state index is 11.4. The molecular weight excluding hydrogens is 252 g/mol. The minimum Gasteiger partial charge on any atom is -0.375 e. The molecule has 0 spiro atoms. The Kier molecular flexibility index (Phi) is 6.12. The molecule has 1 rings (SSSR count). The molecule has 0 saturated carbocycles. The van der Waals surface area contributed by atoms with E-state index in [1.165, 1.54) is 7.11 Å². The topological polar surface area (TPSA) is 41.6 Å². The molecule has 0 aromatic heterocycles. The first-order valence-electron chi connectivity index (χ1n) is 5.72. The molecule has 1 N–H and O–H groups in total. The fourth-order valence-corrected chi connectivity index (χ4v) is 1.80. The van der Waals surface area contributed by atoms with Crippen molar-refractivity contribution in [3.05, 3.63) is 34.9 Å². The second-order valence-corrected chi connectivity index (χ2v) is 4.70. The number of ether oxygens (including phenoxy) is 1. The van der Waals surface area contributed by atoms with Gasteiger partial charge in [-0.1, -0.05) is 23.7 Å². The molecule has 0 saturated heterocycles. The highest BCUT2D eigenvalue weighted by atomic mass is 35.5. The summed E-state index contributed by atoms with van der Waals surface area (Å²) >= 11 is 5.86. The standard InChI is InChI=1S/C13H19ClN2O2/c1-16(2)12(8-15-13(17)9-18-3)10-4-6-11(14)7-5-10/h4-7,12H,8-9H2,1-3H3,(H,15,17). The number of nitrogens with one attached hydrogen (secondary N) is 1. The number of benzene rings is 1. The number of hydrogen-bond donors (Lipinski definition) is 1. The van der Waals surface area contributed by atoms with Crippen LogP contribution in [-0.4, -0.2) is 45.2 Å². The summed E-state index contributed by atoms with van der Waals surface area (Å²) in [6.07, 6.45) is 0. The Morgan fingerprint density at radius 3 is 2.50 bits per heavy atom. The lowest BCUT2D eigenvalue weighted by molar-refractivity contribution is -0.124. The zero-order chi connectivity index (χ0) is 13.5. The lowest BCUT2D eigenvalue weighted by atomic mass is 10.1. The van der Waals surface area contributed by atoms with Crippen molar-refractivity contribution in [2.45, 2.75) is 6.04 Å². The van der Waals surface area contributed by atoms with E-state index in [1.54, 1.807) is 0 Å². The predicted octanol–water partition coefficient (Wildman–Crippen LogP) is 1.71. The van der Waals surface area contributed by atoms with Crippen molar-refractivity contribution >= 4 is 17.5 Å². The van der Waals surface area contributed by atoms with Gasteiger partial charge in [0, 0.05) is 18.7 Å². The first kappa shape index (κ1) is 15.0. The average Bonchev–Trinajstić information content (AvgIpc) is 2.31. The van der Waals surface area contributed by atoms with E-state index in [9.17, 15) is 4.79 Å². The Morgan fingerprint density at radius 2 is 2.00 bits per heavy atom. The summed E-state index contributed by atoms with van der Waals surface area (Å²) in [7, 11) is 5.45. The summed E-state index contributed by atoms with van der Waals surface area (Å²) in [4.78, 5) is 13.4. The number of nitrogens with zero attached hydrogens (tertiary/aromatic N) is 1. The van der Waals surface area contributed by atoms with Gasteiger partial charge in [-0.15, -0.1) is 0 Å². The Balaban J connectivity index is 2.65. The monoisotopic (exact) mass is 270 g/mol. The number of methoxy groups -OCH3 is 1. The van der Waals surface area contributed by atoms with E-state index < -0.39 is 0 Å². The highest BCUT2D eigenvalue weighted by molar-refractivity contribution is 6.30. The quantitative estimate of drug-likeness (QED) is 0.856. The van der Waals surface area contributed by atoms with Gasteiger partial charge in [0.2, 0.25) is 5.91 Å². The van der Waals surface area contributed by atoms with Gasteiger partial charge in [-0.25, -0.2) is 0 Å². The van der Waals surface area contributed by atoms with Crippen LogP contribution in [0.25, 0.3) is 0 Å². The third kappa shape index (κ3) is 4.64. The number of halogens is 1. The van der Waals surface area contributed by atoms with E-state index in [0.29, 0.717) is 11.6 Å². The molecule has 5 heteroatoms. The van der Waals surface area contributed by atoms with Crippen LogP contribution in [0.1, 0.15) is 11.6 Å². The van der Waals surface area contributed by atoms with Gasteiger partial charge < -0.3 is 15.0 Å². The van der Waals surface area contributed by atoms with Crippen LogP contribution in [0.3, 0.4) is 0 Å².